The maximum absolute atomic E-state index is 12.4. The van der Waals surface area contributed by atoms with Crippen molar-refractivity contribution in [3.8, 4) is 11.8 Å². The van der Waals surface area contributed by atoms with Crippen LogP contribution in [0.5, 0.6) is 0 Å². The molecule has 0 atom stereocenters. The number of imide groups is 1. The predicted molar refractivity (Wildman–Crippen MR) is 118 cm³/mol. The van der Waals surface area contributed by atoms with Gasteiger partial charge in [0.2, 0.25) is 0 Å². The number of rotatable bonds is 8. The number of hydrogen-bond donors (Lipinski definition) is 1. The zero-order valence-corrected chi connectivity index (χ0v) is 17.5. The first-order valence-electron chi connectivity index (χ1n) is 10.5. The van der Waals surface area contributed by atoms with Crippen LogP contribution in [0.25, 0.3) is 0 Å². The monoisotopic (exact) mass is 419 g/mol. The average molecular weight is 419 g/mol. The summed E-state index contributed by atoms with van der Waals surface area (Å²) in [7, 11) is 0. The SMILES string of the molecule is CCCCCCC#Cc1cn(C/C=C/CN2C(=O)c3ccccc3C2=O)c(=O)[nH]c1=O. The van der Waals surface area contributed by atoms with Gasteiger partial charge in [0.05, 0.1) is 11.1 Å². The van der Waals surface area contributed by atoms with E-state index in [0.29, 0.717) is 17.5 Å². The van der Waals surface area contributed by atoms with Gasteiger partial charge in [0, 0.05) is 25.7 Å². The number of carbonyl (C=O) groups excluding carboxylic acids is 2. The van der Waals surface area contributed by atoms with Crippen LogP contribution in [0.4, 0.5) is 0 Å². The van der Waals surface area contributed by atoms with Crippen molar-refractivity contribution in [1.29, 1.82) is 0 Å². The first-order valence-corrected chi connectivity index (χ1v) is 10.5. The smallest absolute Gasteiger partial charge is 0.296 e. The van der Waals surface area contributed by atoms with Gasteiger partial charge in [-0.2, -0.15) is 0 Å². The number of unbranched alkanes of at least 4 members (excludes halogenated alkanes) is 4. The lowest BCUT2D eigenvalue weighted by molar-refractivity contribution is 0.0672. The molecule has 1 aliphatic rings. The van der Waals surface area contributed by atoms with Crippen molar-refractivity contribution in [2.45, 2.75) is 45.6 Å². The predicted octanol–water partition coefficient (Wildman–Crippen LogP) is 2.71. The quantitative estimate of drug-likeness (QED) is 0.308. The van der Waals surface area contributed by atoms with Crippen LogP contribution in [0.3, 0.4) is 0 Å². The first kappa shape index (κ1) is 22.0. The maximum Gasteiger partial charge on any atom is 0.328 e. The van der Waals surface area contributed by atoms with E-state index in [0.717, 1.165) is 24.2 Å². The number of aromatic amines is 1. The molecular weight excluding hydrogens is 394 g/mol. The molecule has 0 bridgehead atoms. The fourth-order valence-corrected chi connectivity index (χ4v) is 3.30. The molecule has 31 heavy (non-hydrogen) atoms. The van der Waals surface area contributed by atoms with Crippen molar-refractivity contribution in [3.05, 3.63) is 80.1 Å². The van der Waals surface area contributed by atoms with Crippen LogP contribution in [0.1, 0.15) is 65.3 Å². The molecule has 1 aromatic carbocycles. The summed E-state index contributed by atoms with van der Waals surface area (Å²) in [4.78, 5) is 52.2. The lowest BCUT2D eigenvalue weighted by atomic mass is 10.1. The molecule has 2 amide bonds. The Kier molecular flexibility index (Phi) is 7.39. The van der Waals surface area contributed by atoms with Gasteiger partial charge in [-0.25, -0.2) is 4.79 Å². The van der Waals surface area contributed by atoms with E-state index in [2.05, 4.69) is 23.7 Å². The molecule has 0 radical (unpaired) electrons. The molecule has 0 saturated heterocycles. The van der Waals surface area contributed by atoms with Crippen molar-refractivity contribution in [2.75, 3.05) is 6.54 Å². The Morgan fingerprint density at radius 3 is 2.29 bits per heavy atom. The van der Waals surface area contributed by atoms with Gasteiger partial charge in [0.15, 0.2) is 0 Å². The number of carbonyl (C=O) groups is 2. The van der Waals surface area contributed by atoms with Gasteiger partial charge < -0.3 is 0 Å². The number of H-pyrrole nitrogens is 1. The summed E-state index contributed by atoms with van der Waals surface area (Å²) in [5.41, 5.74) is -0.00337. The van der Waals surface area contributed by atoms with Crippen molar-refractivity contribution in [2.24, 2.45) is 0 Å². The van der Waals surface area contributed by atoms with E-state index in [1.807, 2.05) is 0 Å². The lowest BCUT2D eigenvalue weighted by Crippen LogP contribution is -2.31. The van der Waals surface area contributed by atoms with Crippen LogP contribution < -0.4 is 11.2 Å². The van der Waals surface area contributed by atoms with Gasteiger partial charge in [-0.1, -0.05) is 62.3 Å². The van der Waals surface area contributed by atoms with E-state index in [-0.39, 0.29) is 30.5 Å². The van der Waals surface area contributed by atoms with Gasteiger partial charge in [-0.3, -0.25) is 28.8 Å². The number of fused-ring (bicyclic) bond motifs is 1. The summed E-state index contributed by atoms with van der Waals surface area (Å²) in [6.45, 7) is 2.43. The minimum absolute atomic E-state index is 0.106. The molecule has 7 nitrogen and oxygen atoms in total. The molecule has 0 unspecified atom stereocenters. The van der Waals surface area contributed by atoms with Gasteiger partial charge in [0.25, 0.3) is 17.4 Å². The van der Waals surface area contributed by atoms with Crippen LogP contribution in [0.2, 0.25) is 0 Å². The molecule has 0 fully saturated rings. The zero-order valence-electron chi connectivity index (χ0n) is 17.5. The van der Waals surface area contributed by atoms with Crippen molar-refractivity contribution >= 4 is 11.8 Å². The van der Waals surface area contributed by atoms with Crippen molar-refractivity contribution in [1.82, 2.24) is 14.5 Å². The summed E-state index contributed by atoms with van der Waals surface area (Å²) in [5.74, 6) is 5.16. The van der Waals surface area contributed by atoms with Crippen LogP contribution >= 0.6 is 0 Å². The highest BCUT2D eigenvalue weighted by molar-refractivity contribution is 6.21. The second kappa shape index (κ2) is 10.4. The van der Waals surface area contributed by atoms with Crippen LogP contribution in [-0.2, 0) is 6.54 Å². The Morgan fingerprint density at radius 1 is 0.935 bits per heavy atom. The van der Waals surface area contributed by atoms with E-state index in [1.165, 1.54) is 17.2 Å². The number of allylic oxidation sites excluding steroid dienone is 1. The molecule has 1 aromatic heterocycles. The first-order chi connectivity index (χ1) is 15.0. The highest BCUT2D eigenvalue weighted by atomic mass is 16.2. The Balaban J connectivity index is 1.62. The third-order valence-corrected chi connectivity index (χ3v) is 5.02. The molecule has 2 heterocycles. The van der Waals surface area contributed by atoms with E-state index < -0.39 is 11.2 Å². The average Bonchev–Trinajstić information content (AvgIpc) is 3.00. The third kappa shape index (κ3) is 5.28. The van der Waals surface area contributed by atoms with E-state index in [9.17, 15) is 19.2 Å². The van der Waals surface area contributed by atoms with Crippen LogP contribution in [0.15, 0.2) is 52.2 Å². The highest BCUT2D eigenvalue weighted by Gasteiger charge is 2.33. The molecule has 0 aliphatic carbocycles. The Labute approximate surface area is 180 Å². The Morgan fingerprint density at radius 2 is 1.61 bits per heavy atom. The minimum Gasteiger partial charge on any atom is -0.296 e. The molecule has 0 saturated carbocycles. The van der Waals surface area contributed by atoms with Gasteiger partial charge in [-0.15, -0.1) is 0 Å². The number of amides is 2. The number of aromatic nitrogens is 2. The summed E-state index contributed by atoms with van der Waals surface area (Å²) < 4.78 is 1.33. The van der Waals surface area contributed by atoms with Crippen LogP contribution in [-0.4, -0.2) is 32.8 Å². The fraction of sp³-hybridized carbons (Fsp3) is 0.333. The third-order valence-electron chi connectivity index (χ3n) is 5.02. The zero-order chi connectivity index (χ0) is 22.2. The summed E-state index contributed by atoms with van der Waals surface area (Å²) in [6.07, 6.45) is 9.88. The molecule has 3 rings (SSSR count). The van der Waals surface area contributed by atoms with Gasteiger partial charge in [0.1, 0.15) is 5.56 Å². The number of nitrogens with one attached hydrogen (secondary N) is 1. The number of benzene rings is 1. The van der Waals surface area contributed by atoms with Crippen molar-refractivity contribution < 1.29 is 9.59 Å². The minimum atomic E-state index is -0.538. The lowest BCUT2D eigenvalue weighted by Gasteiger charge is -2.10. The van der Waals surface area contributed by atoms with E-state index in [4.69, 9.17) is 0 Å². The summed E-state index contributed by atoms with van der Waals surface area (Å²) in [5, 5.41) is 0. The molecule has 1 N–H and O–H groups in total. The molecule has 1 aliphatic heterocycles. The topological polar surface area (TPSA) is 92.2 Å². The highest BCUT2D eigenvalue weighted by Crippen LogP contribution is 2.21. The molecular formula is C24H25N3O4. The fourth-order valence-electron chi connectivity index (χ4n) is 3.30. The Bertz CT molecular complexity index is 1140. The van der Waals surface area contributed by atoms with Gasteiger partial charge >= 0.3 is 5.69 Å². The normalized spacial score (nSPS) is 12.9. The van der Waals surface area contributed by atoms with E-state index in [1.54, 1.807) is 36.4 Å². The largest absolute Gasteiger partial charge is 0.328 e. The molecule has 160 valence electrons. The van der Waals surface area contributed by atoms with Crippen LogP contribution in [0, 0.1) is 11.8 Å². The standard InChI is InChI=1S/C24H25N3O4/c1-2-3-4-5-6-7-12-18-17-26(24(31)25-21(18)28)15-10-11-16-27-22(29)19-13-8-9-14-20(19)23(27)30/h8-11,13-14,17H,2-6,15-16H2,1H3,(H,25,28,31)/b11-10+. The second-order valence-electron chi connectivity index (χ2n) is 7.30. The van der Waals surface area contributed by atoms with E-state index >= 15 is 0 Å². The molecule has 7 heteroatoms. The Hall–Kier alpha value is -3.66. The molecule has 2 aromatic rings. The summed E-state index contributed by atoms with van der Waals surface area (Å²) >= 11 is 0. The number of hydrogen-bond acceptors (Lipinski definition) is 4. The molecule has 0 spiro atoms. The maximum atomic E-state index is 12.4. The number of nitrogens with zero attached hydrogens (tertiary/aromatic N) is 2. The van der Waals surface area contributed by atoms with Gasteiger partial charge in [-0.05, 0) is 18.6 Å². The van der Waals surface area contributed by atoms with Crippen molar-refractivity contribution in [3.63, 3.8) is 0 Å². The second-order valence-corrected chi connectivity index (χ2v) is 7.30. The summed E-state index contributed by atoms with van der Waals surface area (Å²) in [6, 6.07) is 6.70.